The standard InChI is InChI=1S/C13H22ClNO2S/c1-5-7-8-11-15(4)18(16,17)12(3)9-10-13(14)6-2/h6,9-10H,2,5,7-8,11H2,1,3-4H3/b12-9+,13-10+. The number of unbranched alkanes of at least 4 members (excludes halogenated alkanes) is 2. The molecule has 0 N–H and O–H groups in total. The Bertz CT molecular complexity index is 424. The quantitative estimate of drug-likeness (QED) is 0.506. The Kier molecular flexibility index (Phi) is 8.24. The van der Waals surface area contributed by atoms with Crippen molar-refractivity contribution < 1.29 is 8.42 Å². The van der Waals surface area contributed by atoms with Crippen molar-refractivity contribution in [3.63, 3.8) is 0 Å². The van der Waals surface area contributed by atoms with E-state index in [0.717, 1.165) is 19.3 Å². The number of halogens is 1. The first-order chi connectivity index (χ1) is 8.36. The van der Waals surface area contributed by atoms with Crippen LogP contribution in [0.25, 0.3) is 0 Å². The van der Waals surface area contributed by atoms with Gasteiger partial charge in [-0.1, -0.05) is 44.0 Å². The second-order valence-electron chi connectivity index (χ2n) is 4.07. The Morgan fingerprint density at radius 3 is 2.44 bits per heavy atom. The molecule has 0 rings (SSSR count). The molecule has 0 radical (unpaired) electrons. The zero-order valence-corrected chi connectivity index (χ0v) is 12.9. The molecule has 18 heavy (non-hydrogen) atoms. The fraction of sp³-hybridized carbons (Fsp3) is 0.538. The van der Waals surface area contributed by atoms with Crippen LogP contribution in [-0.4, -0.2) is 26.3 Å². The lowest BCUT2D eigenvalue weighted by molar-refractivity contribution is 0.459. The minimum Gasteiger partial charge on any atom is -0.207 e. The van der Waals surface area contributed by atoms with Crippen molar-refractivity contribution in [2.75, 3.05) is 13.6 Å². The average Bonchev–Trinajstić information content (AvgIpc) is 2.35. The summed E-state index contributed by atoms with van der Waals surface area (Å²) >= 11 is 5.73. The van der Waals surface area contributed by atoms with E-state index in [9.17, 15) is 8.42 Å². The Hall–Kier alpha value is -0.580. The molecular weight excluding hydrogens is 270 g/mol. The maximum absolute atomic E-state index is 12.1. The summed E-state index contributed by atoms with van der Waals surface area (Å²) in [5.74, 6) is 0. The van der Waals surface area contributed by atoms with Crippen molar-refractivity contribution in [2.45, 2.75) is 33.1 Å². The van der Waals surface area contributed by atoms with Gasteiger partial charge in [0.25, 0.3) is 0 Å². The summed E-state index contributed by atoms with van der Waals surface area (Å²) in [6.07, 6.45) is 7.47. The van der Waals surface area contributed by atoms with Crippen molar-refractivity contribution in [3.8, 4) is 0 Å². The minimum absolute atomic E-state index is 0.279. The number of hydrogen-bond acceptors (Lipinski definition) is 2. The second-order valence-corrected chi connectivity index (χ2v) is 6.72. The van der Waals surface area contributed by atoms with Gasteiger partial charge in [-0.25, -0.2) is 12.7 Å². The van der Waals surface area contributed by atoms with Gasteiger partial charge in [-0.15, -0.1) is 0 Å². The number of allylic oxidation sites excluding steroid dienone is 5. The number of nitrogens with zero attached hydrogens (tertiary/aromatic N) is 1. The Morgan fingerprint density at radius 1 is 1.33 bits per heavy atom. The first-order valence-electron chi connectivity index (χ1n) is 5.99. The van der Waals surface area contributed by atoms with E-state index in [1.54, 1.807) is 14.0 Å². The molecule has 0 atom stereocenters. The summed E-state index contributed by atoms with van der Waals surface area (Å²) in [6.45, 7) is 7.69. The van der Waals surface area contributed by atoms with Crippen LogP contribution in [0.5, 0.6) is 0 Å². The SMILES string of the molecule is C=C/C(Cl)=C\C=C(/C)S(=O)(=O)N(C)CCCCC. The third kappa shape index (κ3) is 5.85. The summed E-state index contributed by atoms with van der Waals surface area (Å²) in [5.41, 5.74) is 0. The smallest absolute Gasteiger partial charge is 0.207 e. The van der Waals surface area contributed by atoms with Gasteiger partial charge in [-0.2, -0.15) is 0 Å². The molecule has 0 saturated heterocycles. The molecule has 0 heterocycles. The van der Waals surface area contributed by atoms with Crippen LogP contribution in [0, 0.1) is 0 Å². The van der Waals surface area contributed by atoms with Crippen molar-refractivity contribution >= 4 is 21.6 Å². The van der Waals surface area contributed by atoms with Gasteiger partial charge in [0.15, 0.2) is 0 Å². The molecule has 0 aliphatic rings. The van der Waals surface area contributed by atoms with Gasteiger partial charge < -0.3 is 0 Å². The van der Waals surface area contributed by atoms with Crippen LogP contribution >= 0.6 is 11.6 Å². The fourth-order valence-corrected chi connectivity index (χ4v) is 2.47. The van der Waals surface area contributed by atoms with Crippen LogP contribution in [0.1, 0.15) is 33.1 Å². The highest BCUT2D eigenvalue weighted by Crippen LogP contribution is 2.13. The van der Waals surface area contributed by atoms with E-state index in [1.807, 2.05) is 0 Å². The summed E-state index contributed by atoms with van der Waals surface area (Å²) in [6, 6.07) is 0. The molecule has 0 aliphatic heterocycles. The topological polar surface area (TPSA) is 37.4 Å². The number of sulfonamides is 1. The van der Waals surface area contributed by atoms with Gasteiger partial charge in [-0.3, -0.25) is 0 Å². The Balaban J connectivity index is 4.76. The summed E-state index contributed by atoms with van der Waals surface area (Å²) in [7, 11) is -1.77. The zero-order valence-electron chi connectivity index (χ0n) is 11.3. The molecule has 3 nitrogen and oxygen atoms in total. The molecule has 0 unspecified atom stereocenters. The Morgan fingerprint density at radius 2 is 1.94 bits per heavy atom. The summed E-state index contributed by atoms with van der Waals surface area (Å²) in [4.78, 5) is 0.279. The molecule has 0 fully saturated rings. The van der Waals surface area contributed by atoms with Gasteiger partial charge in [0.05, 0.1) is 4.91 Å². The Labute approximate surface area is 116 Å². The normalized spacial score (nSPS) is 14.1. The van der Waals surface area contributed by atoms with Gasteiger partial charge in [0.1, 0.15) is 0 Å². The molecule has 0 aromatic carbocycles. The van der Waals surface area contributed by atoms with Gasteiger partial charge in [-0.05, 0) is 25.5 Å². The molecule has 0 bridgehead atoms. The van der Waals surface area contributed by atoms with E-state index < -0.39 is 10.0 Å². The van der Waals surface area contributed by atoms with Crippen LogP contribution in [0.2, 0.25) is 0 Å². The lowest BCUT2D eigenvalue weighted by Crippen LogP contribution is -2.28. The van der Waals surface area contributed by atoms with E-state index in [2.05, 4.69) is 13.5 Å². The van der Waals surface area contributed by atoms with Crippen LogP contribution in [-0.2, 0) is 10.0 Å². The number of rotatable bonds is 8. The van der Waals surface area contributed by atoms with Crippen LogP contribution in [0.4, 0.5) is 0 Å². The van der Waals surface area contributed by atoms with Gasteiger partial charge in [0, 0.05) is 18.6 Å². The molecule has 104 valence electrons. The van der Waals surface area contributed by atoms with Crippen LogP contribution < -0.4 is 0 Å². The third-order valence-corrected chi connectivity index (χ3v) is 4.80. The summed E-state index contributed by atoms with van der Waals surface area (Å²) < 4.78 is 25.5. The van der Waals surface area contributed by atoms with Crippen LogP contribution in [0.3, 0.4) is 0 Å². The fourth-order valence-electron chi connectivity index (χ4n) is 1.30. The molecular formula is C13H22ClNO2S. The highest BCUT2D eigenvalue weighted by Gasteiger charge is 2.18. The lowest BCUT2D eigenvalue weighted by atomic mass is 10.2. The molecule has 0 spiro atoms. The highest BCUT2D eigenvalue weighted by molar-refractivity contribution is 7.92. The first-order valence-corrected chi connectivity index (χ1v) is 7.81. The zero-order chi connectivity index (χ0) is 14.2. The van der Waals surface area contributed by atoms with E-state index in [-0.39, 0.29) is 4.91 Å². The van der Waals surface area contributed by atoms with Crippen molar-refractivity contribution in [1.29, 1.82) is 0 Å². The first kappa shape index (κ1) is 17.4. The maximum atomic E-state index is 12.1. The van der Waals surface area contributed by atoms with E-state index in [1.165, 1.54) is 22.5 Å². The van der Waals surface area contributed by atoms with E-state index in [4.69, 9.17) is 11.6 Å². The second kappa shape index (κ2) is 8.51. The molecule has 0 saturated carbocycles. The minimum atomic E-state index is -3.37. The van der Waals surface area contributed by atoms with Crippen molar-refractivity contribution in [1.82, 2.24) is 4.31 Å². The predicted molar refractivity (Wildman–Crippen MR) is 79.0 cm³/mol. The van der Waals surface area contributed by atoms with Crippen LogP contribution in [0.15, 0.2) is 34.7 Å². The van der Waals surface area contributed by atoms with Crippen molar-refractivity contribution in [2.24, 2.45) is 0 Å². The molecule has 5 heteroatoms. The highest BCUT2D eigenvalue weighted by atomic mass is 35.5. The molecule has 0 aromatic rings. The van der Waals surface area contributed by atoms with Gasteiger partial charge >= 0.3 is 0 Å². The van der Waals surface area contributed by atoms with E-state index in [0.29, 0.717) is 11.6 Å². The monoisotopic (exact) mass is 291 g/mol. The van der Waals surface area contributed by atoms with E-state index >= 15 is 0 Å². The summed E-state index contributed by atoms with van der Waals surface area (Å²) in [5, 5.41) is 0.415. The van der Waals surface area contributed by atoms with Gasteiger partial charge in [0.2, 0.25) is 10.0 Å². The third-order valence-electron chi connectivity index (χ3n) is 2.57. The number of hydrogen-bond donors (Lipinski definition) is 0. The molecule has 0 amide bonds. The molecule has 0 aliphatic carbocycles. The van der Waals surface area contributed by atoms with Crippen molar-refractivity contribution in [3.05, 3.63) is 34.7 Å². The largest absolute Gasteiger partial charge is 0.238 e. The maximum Gasteiger partial charge on any atom is 0.238 e. The lowest BCUT2D eigenvalue weighted by Gasteiger charge is -2.17. The average molecular weight is 292 g/mol. The predicted octanol–water partition coefficient (Wildman–Crippen LogP) is 3.65. The molecule has 0 aromatic heterocycles.